The molecule has 0 aliphatic rings. The Hall–Kier alpha value is -1.62. The molecule has 1 atom stereocenters. The summed E-state index contributed by atoms with van der Waals surface area (Å²) in [6.07, 6.45) is 2.30. The van der Waals surface area contributed by atoms with Crippen LogP contribution in [0.3, 0.4) is 0 Å². The second kappa shape index (κ2) is 10.3. The molecular weight excluding hydrogens is 303 g/mol. The molecule has 2 N–H and O–H groups in total. The van der Waals surface area contributed by atoms with E-state index in [2.05, 4.69) is 36.4 Å². The standard InChI is InChI=1S/C19H33FN4/c1-14(2)7-8-15(3)23-19(21-4)22-12-16-9-10-18(20)17(11-16)13-24(5)6/h9-11,14-15H,7-8,12-13H2,1-6H3,(H2,21,22,23). The first-order chi connectivity index (χ1) is 11.3. The first-order valence-electron chi connectivity index (χ1n) is 8.71. The van der Waals surface area contributed by atoms with Crippen LogP contribution in [0.5, 0.6) is 0 Å². The van der Waals surface area contributed by atoms with E-state index in [4.69, 9.17) is 0 Å². The highest BCUT2D eigenvalue weighted by molar-refractivity contribution is 5.79. The van der Waals surface area contributed by atoms with Gasteiger partial charge >= 0.3 is 0 Å². The van der Waals surface area contributed by atoms with E-state index < -0.39 is 0 Å². The number of guanidine groups is 1. The largest absolute Gasteiger partial charge is 0.354 e. The lowest BCUT2D eigenvalue weighted by Crippen LogP contribution is -2.41. The smallest absolute Gasteiger partial charge is 0.191 e. The normalized spacial score (nSPS) is 13.5. The van der Waals surface area contributed by atoms with Gasteiger partial charge in [0.2, 0.25) is 0 Å². The van der Waals surface area contributed by atoms with Crippen molar-refractivity contribution in [2.24, 2.45) is 10.9 Å². The number of nitrogens with one attached hydrogen (secondary N) is 2. The highest BCUT2D eigenvalue weighted by atomic mass is 19.1. The Morgan fingerprint density at radius 1 is 1.21 bits per heavy atom. The molecule has 5 heteroatoms. The molecule has 0 bridgehead atoms. The van der Waals surface area contributed by atoms with Crippen LogP contribution < -0.4 is 10.6 Å². The molecule has 0 saturated carbocycles. The molecule has 0 heterocycles. The number of halogens is 1. The molecule has 1 unspecified atom stereocenters. The number of nitrogens with zero attached hydrogens (tertiary/aromatic N) is 2. The zero-order valence-electron chi connectivity index (χ0n) is 16.0. The minimum atomic E-state index is -0.155. The van der Waals surface area contributed by atoms with E-state index in [9.17, 15) is 4.39 Å². The number of benzene rings is 1. The van der Waals surface area contributed by atoms with Gasteiger partial charge in [-0.15, -0.1) is 0 Å². The van der Waals surface area contributed by atoms with Crippen molar-refractivity contribution in [3.8, 4) is 0 Å². The molecule has 4 nitrogen and oxygen atoms in total. The van der Waals surface area contributed by atoms with Crippen molar-refractivity contribution in [1.82, 2.24) is 15.5 Å². The van der Waals surface area contributed by atoms with Gasteiger partial charge < -0.3 is 15.5 Å². The highest BCUT2D eigenvalue weighted by Gasteiger charge is 2.08. The zero-order valence-corrected chi connectivity index (χ0v) is 16.0. The maximum absolute atomic E-state index is 13.8. The maximum Gasteiger partial charge on any atom is 0.191 e. The summed E-state index contributed by atoms with van der Waals surface area (Å²) in [5, 5.41) is 6.71. The van der Waals surface area contributed by atoms with Gasteiger partial charge in [-0.3, -0.25) is 4.99 Å². The summed E-state index contributed by atoms with van der Waals surface area (Å²) in [6, 6.07) is 5.64. The van der Waals surface area contributed by atoms with Crippen LogP contribution in [-0.4, -0.2) is 38.0 Å². The lowest BCUT2D eigenvalue weighted by molar-refractivity contribution is 0.392. The van der Waals surface area contributed by atoms with Gasteiger partial charge in [0.25, 0.3) is 0 Å². The molecule has 0 spiro atoms. The van der Waals surface area contributed by atoms with Crippen molar-refractivity contribution in [1.29, 1.82) is 0 Å². The fourth-order valence-corrected chi connectivity index (χ4v) is 2.47. The van der Waals surface area contributed by atoms with E-state index in [1.807, 2.05) is 31.1 Å². The minimum absolute atomic E-state index is 0.155. The lowest BCUT2D eigenvalue weighted by Gasteiger charge is -2.19. The quantitative estimate of drug-likeness (QED) is 0.565. The van der Waals surface area contributed by atoms with Crippen LogP contribution in [-0.2, 0) is 13.1 Å². The van der Waals surface area contributed by atoms with Gasteiger partial charge in [-0.05, 0) is 57.5 Å². The van der Waals surface area contributed by atoms with Gasteiger partial charge in [0.05, 0.1) is 0 Å². The Kier molecular flexibility index (Phi) is 8.76. The number of hydrogen-bond acceptors (Lipinski definition) is 2. The van der Waals surface area contributed by atoms with Gasteiger partial charge in [-0.2, -0.15) is 0 Å². The topological polar surface area (TPSA) is 39.7 Å². The van der Waals surface area contributed by atoms with Crippen LogP contribution in [0.1, 0.15) is 44.7 Å². The average Bonchev–Trinajstić information content (AvgIpc) is 2.51. The second-order valence-electron chi connectivity index (χ2n) is 7.11. The second-order valence-corrected chi connectivity index (χ2v) is 7.11. The van der Waals surface area contributed by atoms with Crippen LogP contribution in [0, 0.1) is 11.7 Å². The van der Waals surface area contributed by atoms with Crippen molar-refractivity contribution in [2.45, 2.75) is 52.7 Å². The predicted molar refractivity (Wildman–Crippen MR) is 101 cm³/mol. The van der Waals surface area contributed by atoms with E-state index in [-0.39, 0.29) is 5.82 Å². The average molecular weight is 336 g/mol. The molecule has 0 radical (unpaired) electrons. The third-order valence-corrected chi connectivity index (χ3v) is 3.84. The van der Waals surface area contributed by atoms with E-state index in [0.717, 1.165) is 17.9 Å². The fourth-order valence-electron chi connectivity index (χ4n) is 2.47. The van der Waals surface area contributed by atoms with Crippen molar-refractivity contribution >= 4 is 5.96 Å². The number of hydrogen-bond donors (Lipinski definition) is 2. The van der Waals surface area contributed by atoms with E-state index in [0.29, 0.717) is 30.6 Å². The maximum atomic E-state index is 13.8. The van der Waals surface area contributed by atoms with Crippen molar-refractivity contribution in [3.05, 3.63) is 35.1 Å². The van der Waals surface area contributed by atoms with Gasteiger partial charge in [-0.1, -0.05) is 19.9 Å². The van der Waals surface area contributed by atoms with Gasteiger partial charge in [-0.25, -0.2) is 4.39 Å². The highest BCUT2D eigenvalue weighted by Crippen LogP contribution is 2.12. The Labute approximate surface area is 146 Å². The van der Waals surface area contributed by atoms with Crippen LogP contribution in [0.25, 0.3) is 0 Å². The van der Waals surface area contributed by atoms with E-state index in [1.165, 1.54) is 12.5 Å². The summed E-state index contributed by atoms with van der Waals surface area (Å²) in [5.41, 5.74) is 1.76. The summed E-state index contributed by atoms with van der Waals surface area (Å²) in [5.74, 6) is 1.33. The first-order valence-corrected chi connectivity index (χ1v) is 8.71. The van der Waals surface area contributed by atoms with Crippen molar-refractivity contribution in [2.75, 3.05) is 21.1 Å². The summed E-state index contributed by atoms with van der Waals surface area (Å²) in [7, 11) is 5.65. The van der Waals surface area contributed by atoms with Crippen LogP contribution in [0.15, 0.2) is 23.2 Å². The molecule has 0 aliphatic heterocycles. The predicted octanol–water partition coefficient (Wildman–Crippen LogP) is 3.38. The van der Waals surface area contributed by atoms with Crippen molar-refractivity contribution < 1.29 is 4.39 Å². The lowest BCUT2D eigenvalue weighted by atomic mass is 10.0. The van der Waals surface area contributed by atoms with Crippen LogP contribution >= 0.6 is 0 Å². The number of rotatable bonds is 8. The third-order valence-electron chi connectivity index (χ3n) is 3.84. The third kappa shape index (κ3) is 7.77. The monoisotopic (exact) mass is 336 g/mol. The Bertz CT molecular complexity index is 526. The molecule has 0 saturated heterocycles. The van der Waals surface area contributed by atoms with E-state index >= 15 is 0 Å². The molecule has 24 heavy (non-hydrogen) atoms. The Balaban J connectivity index is 2.57. The molecule has 0 fully saturated rings. The molecule has 0 aliphatic carbocycles. The summed E-state index contributed by atoms with van der Waals surface area (Å²) < 4.78 is 13.8. The van der Waals surface area contributed by atoms with Crippen LogP contribution in [0.4, 0.5) is 4.39 Å². The summed E-state index contributed by atoms with van der Waals surface area (Å²) >= 11 is 0. The van der Waals surface area contributed by atoms with Crippen LogP contribution in [0.2, 0.25) is 0 Å². The molecule has 0 aromatic heterocycles. The molecule has 1 aromatic rings. The van der Waals surface area contributed by atoms with Crippen molar-refractivity contribution in [3.63, 3.8) is 0 Å². The summed E-state index contributed by atoms with van der Waals surface area (Å²) in [6.45, 7) is 7.86. The Morgan fingerprint density at radius 3 is 2.50 bits per heavy atom. The zero-order chi connectivity index (χ0) is 18.1. The number of aliphatic imine (C=N–C) groups is 1. The Morgan fingerprint density at radius 2 is 1.92 bits per heavy atom. The molecule has 1 rings (SSSR count). The fraction of sp³-hybridized carbons (Fsp3) is 0.632. The molecule has 0 amide bonds. The van der Waals surface area contributed by atoms with E-state index in [1.54, 1.807) is 7.05 Å². The molecule has 136 valence electrons. The molecule has 1 aromatic carbocycles. The van der Waals surface area contributed by atoms with Gasteiger partial charge in [0.1, 0.15) is 5.82 Å². The SMILES string of the molecule is CN=C(NCc1ccc(F)c(CN(C)C)c1)NC(C)CCC(C)C. The summed E-state index contributed by atoms with van der Waals surface area (Å²) in [4.78, 5) is 6.24. The van der Waals surface area contributed by atoms with Gasteiger partial charge in [0.15, 0.2) is 5.96 Å². The van der Waals surface area contributed by atoms with Gasteiger partial charge in [0, 0.05) is 31.7 Å². The first kappa shape index (κ1) is 20.4. The molecular formula is C19H33FN4. The minimum Gasteiger partial charge on any atom is -0.354 e.